The number of carbonyl (C=O) groups excluding carboxylic acids is 2. The Labute approximate surface area is 175 Å². The third-order valence-electron chi connectivity index (χ3n) is 4.61. The lowest BCUT2D eigenvalue weighted by Crippen LogP contribution is -2.43. The maximum Gasteiger partial charge on any atom is 0.260 e. The monoisotopic (exact) mass is 406 g/mol. The number of allylic oxidation sites excluding steroid dienone is 1. The standard InChI is InChI=1S/C23H22N2O5/c1-28-21-14-17(13-19(15-24)23(27)18-5-3-2-4-6-18)7-8-20(21)30-16-22(26)25-9-11-29-12-10-25/h2-8,13-14H,9-12,16H2,1H3/b19-13+. The normalized spacial score (nSPS) is 14.0. The number of rotatable bonds is 7. The van der Waals surface area contributed by atoms with E-state index in [9.17, 15) is 14.9 Å². The van der Waals surface area contributed by atoms with E-state index in [0.29, 0.717) is 48.9 Å². The third kappa shape index (κ3) is 5.25. The van der Waals surface area contributed by atoms with Gasteiger partial charge in [-0.2, -0.15) is 5.26 Å². The Balaban J connectivity index is 1.72. The third-order valence-corrected chi connectivity index (χ3v) is 4.61. The summed E-state index contributed by atoms with van der Waals surface area (Å²) in [5, 5.41) is 9.42. The van der Waals surface area contributed by atoms with Crippen molar-refractivity contribution in [3.05, 3.63) is 65.2 Å². The van der Waals surface area contributed by atoms with Crippen LogP contribution < -0.4 is 9.47 Å². The number of Topliss-reactive ketones (excluding diaryl/α,β-unsaturated/α-hetero) is 1. The second-order valence-corrected chi connectivity index (χ2v) is 6.56. The summed E-state index contributed by atoms with van der Waals surface area (Å²) in [4.78, 5) is 26.5. The first-order chi connectivity index (χ1) is 14.6. The molecule has 0 radical (unpaired) electrons. The highest BCUT2D eigenvalue weighted by molar-refractivity contribution is 6.14. The quantitative estimate of drug-likeness (QED) is 0.399. The van der Waals surface area contributed by atoms with E-state index >= 15 is 0 Å². The highest BCUT2D eigenvalue weighted by Gasteiger charge is 2.18. The number of nitrogens with zero attached hydrogens (tertiary/aromatic N) is 2. The molecular formula is C23H22N2O5. The second-order valence-electron chi connectivity index (χ2n) is 6.56. The number of morpholine rings is 1. The van der Waals surface area contributed by atoms with Gasteiger partial charge in [-0.25, -0.2) is 0 Å². The molecule has 1 heterocycles. The Morgan fingerprint density at radius 3 is 2.53 bits per heavy atom. The first-order valence-electron chi connectivity index (χ1n) is 9.50. The first-order valence-corrected chi connectivity index (χ1v) is 9.50. The van der Waals surface area contributed by atoms with E-state index in [1.807, 2.05) is 6.07 Å². The van der Waals surface area contributed by atoms with E-state index in [1.54, 1.807) is 53.4 Å². The second kappa shape index (κ2) is 10.2. The fourth-order valence-electron chi connectivity index (χ4n) is 3.00. The fraction of sp³-hybridized carbons (Fsp3) is 0.261. The molecule has 0 atom stereocenters. The molecule has 0 spiro atoms. The van der Waals surface area contributed by atoms with E-state index in [2.05, 4.69) is 0 Å². The zero-order valence-electron chi connectivity index (χ0n) is 16.7. The Hall–Kier alpha value is -3.63. The molecule has 1 amide bonds. The van der Waals surface area contributed by atoms with Crippen molar-refractivity contribution in [1.29, 1.82) is 5.26 Å². The van der Waals surface area contributed by atoms with Gasteiger partial charge in [0.1, 0.15) is 11.6 Å². The van der Waals surface area contributed by atoms with Crippen molar-refractivity contribution in [2.24, 2.45) is 0 Å². The minimum absolute atomic E-state index is 0.0133. The van der Waals surface area contributed by atoms with Gasteiger partial charge < -0.3 is 19.1 Å². The Bertz CT molecular complexity index is 973. The van der Waals surface area contributed by atoms with Crippen LogP contribution in [0.15, 0.2) is 54.1 Å². The molecule has 1 aliphatic heterocycles. The maximum atomic E-state index is 12.5. The van der Waals surface area contributed by atoms with Crippen LogP contribution in [0.3, 0.4) is 0 Å². The molecule has 3 rings (SSSR count). The molecule has 7 nitrogen and oxygen atoms in total. The number of hydrogen-bond donors (Lipinski definition) is 0. The van der Waals surface area contributed by atoms with Crippen LogP contribution >= 0.6 is 0 Å². The Morgan fingerprint density at radius 1 is 1.13 bits per heavy atom. The van der Waals surface area contributed by atoms with Crippen molar-refractivity contribution in [1.82, 2.24) is 4.90 Å². The van der Waals surface area contributed by atoms with Crippen molar-refractivity contribution in [3.8, 4) is 17.6 Å². The lowest BCUT2D eigenvalue weighted by atomic mass is 10.0. The van der Waals surface area contributed by atoms with E-state index in [0.717, 1.165) is 0 Å². The molecule has 0 saturated carbocycles. The van der Waals surface area contributed by atoms with Gasteiger partial charge >= 0.3 is 0 Å². The summed E-state index contributed by atoms with van der Waals surface area (Å²) < 4.78 is 16.2. The number of ketones is 1. The Morgan fingerprint density at radius 2 is 1.87 bits per heavy atom. The zero-order chi connectivity index (χ0) is 21.3. The summed E-state index contributed by atoms with van der Waals surface area (Å²) >= 11 is 0. The molecule has 0 aromatic heterocycles. The zero-order valence-corrected chi connectivity index (χ0v) is 16.7. The lowest BCUT2D eigenvalue weighted by Gasteiger charge is -2.26. The number of nitriles is 1. The summed E-state index contributed by atoms with van der Waals surface area (Å²) in [6.07, 6.45) is 1.50. The molecule has 0 unspecified atom stereocenters. The summed E-state index contributed by atoms with van der Waals surface area (Å²) in [5.41, 5.74) is 1.07. The SMILES string of the molecule is COc1cc(/C=C(\C#N)C(=O)c2ccccc2)ccc1OCC(=O)N1CCOCC1. The van der Waals surface area contributed by atoms with Gasteiger partial charge in [0.2, 0.25) is 5.78 Å². The summed E-state index contributed by atoms with van der Waals surface area (Å²) in [6.45, 7) is 2.05. The van der Waals surface area contributed by atoms with Gasteiger partial charge in [-0.15, -0.1) is 0 Å². The van der Waals surface area contributed by atoms with E-state index < -0.39 is 0 Å². The van der Waals surface area contributed by atoms with Crippen molar-refractivity contribution in [3.63, 3.8) is 0 Å². The van der Waals surface area contributed by atoms with Crippen LogP contribution in [0.1, 0.15) is 15.9 Å². The van der Waals surface area contributed by atoms with Gasteiger partial charge in [0, 0.05) is 18.7 Å². The highest BCUT2D eigenvalue weighted by Crippen LogP contribution is 2.29. The van der Waals surface area contributed by atoms with Crippen LogP contribution in [0.2, 0.25) is 0 Å². The summed E-state index contributed by atoms with van der Waals surface area (Å²) in [6, 6.07) is 15.6. The smallest absolute Gasteiger partial charge is 0.260 e. The van der Waals surface area contributed by atoms with Gasteiger partial charge in [-0.05, 0) is 23.8 Å². The predicted octanol–water partition coefficient (Wildman–Crippen LogP) is 2.72. The van der Waals surface area contributed by atoms with Crippen LogP contribution in [0, 0.1) is 11.3 Å². The van der Waals surface area contributed by atoms with Crippen LogP contribution in [0.5, 0.6) is 11.5 Å². The Kier molecular flexibility index (Phi) is 7.19. The first kappa shape index (κ1) is 21.1. The number of benzene rings is 2. The number of amides is 1. The molecule has 0 N–H and O–H groups in total. The molecule has 2 aromatic carbocycles. The van der Waals surface area contributed by atoms with Crippen LogP contribution in [0.4, 0.5) is 0 Å². The van der Waals surface area contributed by atoms with Gasteiger partial charge in [0.15, 0.2) is 18.1 Å². The largest absolute Gasteiger partial charge is 0.493 e. The number of ether oxygens (including phenoxy) is 3. The molecule has 154 valence electrons. The van der Waals surface area contributed by atoms with Crippen LogP contribution in [-0.4, -0.2) is 56.6 Å². The molecule has 30 heavy (non-hydrogen) atoms. The van der Waals surface area contributed by atoms with Crippen LogP contribution in [-0.2, 0) is 9.53 Å². The molecule has 1 saturated heterocycles. The van der Waals surface area contributed by atoms with E-state index in [1.165, 1.54) is 13.2 Å². The maximum absolute atomic E-state index is 12.5. The van der Waals surface area contributed by atoms with Crippen molar-refractivity contribution in [2.75, 3.05) is 40.0 Å². The van der Waals surface area contributed by atoms with Gasteiger partial charge in [0.05, 0.1) is 20.3 Å². The van der Waals surface area contributed by atoms with Crippen LogP contribution in [0.25, 0.3) is 6.08 Å². The van der Waals surface area contributed by atoms with Crippen molar-refractivity contribution >= 4 is 17.8 Å². The molecule has 1 fully saturated rings. The average molecular weight is 406 g/mol. The molecule has 2 aromatic rings. The van der Waals surface area contributed by atoms with Gasteiger partial charge in [-0.1, -0.05) is 36.4 Å². The van der Waals surface area contributed by atoms with Crippen molar-refractivity contribution in [2.45, 2.75) is 0 Å². The predicted molar refractivity (Wildman–Crippen MR) is 110 cm³/mol. The minimum atomic E-state index is -0.353. The highest BCUT2D eigenvalue weighted by atomic mass is 16.5. The molecular weight excluding hydrogens is 384 g/mol. The van der Waals surface area contributed by atoms with E-state index in [-0.39, 0.29) is 23.9 Å². The average Bonchev–Trinajstić information content (AvgIpc) is 2.81. The number of methoxy groups -OCH3 is 1. The van der Waals surface area contributed by atoms with Gasteiger partial charge in [0.25, 0.3) is 5.91 Å². The van der Waals surface area contributed by atoms with Gasteiger partial charge in [-0.3, -0.25) is 9.59 Å². The fourth-order valence-corrected chi connectivity index (χ4v) is 3.00. The molecule has 1 aliphatic rings. The lowest BCUT2D eigenvalue weighted by molar-refractivity contribution is -0.137. The topological polar surface area (TPSA) is 88.9 Å². The molecule has 7 heteroatoms. The summed E-state index contributed by atoms with van der Waals surface area (Å²) in [5.74, 6) is 0.338. The minimum Gasteiger partial charge on any atom is -0.493 e. The molecule has 0 bridgehead atoms. The van der Waals surface area contributed by atoms with E-state index in [4.69, 9.17) is 14.2 Å². The summed E-state index contributed by atoms with van der Waals surface area (Å²) in [7, 11) is 1.49. The number of hydrogen-bond acceptors (Lipinski definition) is 6. The van der Waals surface area contributed by atoms with Crippen molar-refractivity contribution < 1.29 is 23.8 Å². The number of carbonyl (C=O) groups is 2. The molecule has 0 aliphatic carbocycles.